The Morgan fingerprint density at radius 2 is 2.12 bits per heavy atom. The third-order valence-corrected chi connectivity index (χ3v) is 0.845. The van der Waals surface area contributed by atoms with Gasteiger partial charge in [-0.05, 0) is 6.92 Å². The van der Waals surface area contributed by atoms with E-state index in [2.05, 4.69) is 0 Å². The molecule has 1 unspecified atom stereocenters. The SMILES string of the molecule is CC(=O)C(C)[CH][O-].[Na+]. The van der Waals surface area contributed by atoms with E-state index in [1.165, 1.54) is 6.92 Å². The van der Waals surface area contributed by atoms with Crippen LogP contribution in [0.25, 0.3) is 0 Å². The molecule has 2 nitrogen and oxygen atoms in total. The van der Waals surface area contributed by atoms with E-state index in [4.69, 9.17) is 0 Å². The number of hydrogen-bond donors (Lipinski definition) is 0. The molecule has 3 heteroatoms. The summed E-state index contributed by atoms with van der Waals surface area (Å²) in [6.07, 6.45) is 0. The van der Waals surface area contributed by atoms with Crippen LogP contribution < -0.4 is 34.7 Å². The summed E-state index contributed by atoms with van der Waals surface area (Å²) in [5.74, 6) is -0.491. The second kappa shape index (κ2) is 5.76. The van der Waals surface area contributed by atoms with Gasteiger partial charge in [-0.25, -0.2) is 0 Å². The molecule has 0 aliphatic rings. The van der Waals surface area contributed by atoms with E-state index in [0.29, 0.717) is 6.61 Å². The largest absolute Gasteiger partial charge is 1.00 e. The standard InChI is InChI=1S/C5H8O2.Na/c1-4(3-6)5(2)7;/h3-4H,1-2H3;/q-1;+1. The molecule has 0 aliphatic heterocycles. The van der Waals surface area contributed by atoms with Crippen LogP contribution in [0.1, 0.15) is 13.8 Å². The van der Waals surface area contributed by atoms with Crippen molar-refractivity contribution in [2.45, 2.75) is 13.8 Å². The summed E-state index contributed by atoms with van der Waals surface area (Å²) < 4.78 is 0. The molecule has 0 N–H and O–H groups in total. The van der Waals surface area contributed by atoms with E-state index in [9.17, 15) is 9.90 Å². The minimum Gasteiger partial charge on any atom is -0.852 e. The van der Waals surface area contributed by atoms with Gasteiger partial charge in [0.05, 0.1) is 0 Å². The van der Waals surface area contributed by atoms with Gasteiger partial charge in [0.2, 0.25) is 0 Å². The molecule has 0 saturated carbocycles. The number of Topliss-reactive ketones (excluding diaryl/α,β-unsaturated/α-hetero) is 1. The first kappa shape index (κ1) is 11.4. The predicted molar refractivity (Wildman–Crippen MR) is 24.1 cm³/mol. The fourth-order valence-corrected chi connectivity index (χ4v) is 0.0958. The van der Waals surface area contributed by atoms with Crippen molar-refractivity contribution in [1.82, 2.24) is 0 Å². The Bertz CT molecular complexity index is 72.8. The summed E-state index contributed by atoms with van der Waals surface area (Å²) in [6, 6.07) is 0. The smallest absolute Gasteiger partial charge is 0.852 e. The summed E-state index contributed by atoms with van der Waals surface area (Å²) in [4.78, 5) is 10.1. The zero-order chi connectivity index (χ0) is 5.86. The van der Waals surface area contributed by atoms with Crippen LogP contribution >= 0.6 is 0 Å². The monoisotopic (exact) mass is 123 g/mol. The van der Waals surface area contributed by atoms with Gasteiger partial charge in [0, 0.05) is 5.92 Å². The number of carbonyl (C=O) groups excluding carboxylic acids is 1. The summed E-state index contributed by atoms with van der Waals surface area (Å²) in [5, 5.41) is 9.73. The number of ketones is 1. The second-order valence-electron chi connectivity index (χ2n) is 1.54. The molecule has 41 valence electrons. The first-order valence-corrected chi connectivity index (χ1v) is 2.14. The summed E-state index contributed by atoms with van der Waals surface area (Å²) in [6.45, 7) is 3.62. The van der Waals surface area contributed by atoms with Gasteiger partial charge in [-0.3, -0.25) is 4.79 Å². The van der Waals surface area contributed by atoms with Crippen LogP contribution in [0, 0.1) is 12.5 Å². The van der Waals surface area contributed by atoms with Gasteiger partial charge in [0.15, 0.2) is 0 Å². The van der Waals surface area contributed by atoms with E-state index >= 15 is 0 Å². The molecule has 1 atom stereocenters. The third-order valence-electron chi connectivity index (χ3n) is 0.845. The average Bonchev–Trinajstić information content (AvgIpc) is 1.65. The van der Waals surface area contributed by atoms with Crippen molar-refractivity contribution in [2.75, 3.05) is 0 Å². The van der Waals surface area contributed by atoms with Gasteiger partial charge in [-0.2, -0.15) is 0 Å². The third kappa shape index (κ3) is 4.78. The molecule has 0 aromatic carbocycles. The van der Waals surface area contributed by atoms with Crippen LogP contribution in [0.3, 0.4) is 0 Å². The molecular weight excluding hydrogens is 115 g/mol. The van der Waals surface area contributed by atoms with Crippen molar-refractivity contribution in [3.63, 3.8) is 0 Å². The molecule has 0 bridgehead atoms. The molecule has 0 heterocycles. The van der Waals surface area contributed by atoms with Crippen molar-refractivity contribution < 1.29 is 39.5 Å². The summed E-state index contributed by atoms with van der Waals surface area (Å²) in [7, 11) is 0. The van der Waals surface area contributed by atoms with Gasteiger partial charge in [0.1, 0.15) is 5.78 Å². The first-order chi connectivity index (χ1) is 3.18. The normalized spacial score (nSPS) is 11.9. The molecule has 0 aromatic heterocycles. The Hall–Kier alpha value is 0.630. The number of carbonyl (C=O) groups is 1. The predicted octanol–water partition coefficient (Wildman–Crippen LogP) is -3.26. The van der Waals surface area contributed by atoms with E-state index in [1.807, 2.05) is 0 Å². The second-order valence-corrected chi connectivity index (χ2v) is 1.54. The quantitative estimate of drug-likeness (QED) is 0.361. The molecule has 0 aromatic rings. The first-order valence-electron chi connectivity index (χ1n) is 2.14. The van der Waals surface area contributed by atoms with Crippen molar-refractivity contribution >= 4 is 5.78 Å². The molecule has 0 rings (SSSR count). The molecule has 0 fully saturated rings. The molecule has 0 aliphatic carbocycles. The average molecular weight is 123 g/mol. The Labute approximate surface area is 71.6 Å². The Kier molecular flexibility index (Phi) is 8.23. The Morgan fingerprint density at radius 1 is 1.75 bits per heavy atom. The minimum atomic E-state index is -0.417. The van der Waals surface area contributed by atoms with Crippen molar-refractivity contribution in [2.24, 2.45) is 5.92 Å². The van der Waals surface area contributed by atoms with E-state index in [1.54, 1.807) is 6.92 Å². The van der Waals surface area contributed by atoms with Gasteiger partial charge in [-0.1, -0.05) is 6.92 Å². The molecule has 0 spiro atoms. The zero-order valence-corrected chi connectivity index (χ0v) is 7.47. The van der Waals surface area contributed by atoms with Gasteiger partial charge in [0.25, 0.3) is 0 Å². The molecule has 8 heavy (non-hydrogen) atoms. The van der Waals surface area contributed by atoms with Crippen LogP contribution in [0.2, 0.25) is 0 Å². The van der Waals surface area contributed by atoms with Gasteiger partial charge >= 0.3 is 29.6 Å². The summed E-state index contributed by atoms with van der Waals surface area (Å²) in [5.41, 5.74) is 0. The van der Waals surface area contributed by atoms with E-state index in [-0.39, 0.29) is 35.3 Å². The maximum absolute atomic E-state index is 10.1. The molecular formula is C5H8NaO2. The Morgan fingerprint density at radius 3 is 2.12 bits per heavy atom. The molecule has 1 radical (unpaired) electrons. The van der Waals surface area contributed by atoms with Crippen LogP contribution in [-0.2, 0) is 4.79 Å². The molecule has 0 amide bonds. The van der Waals surface area contributed by atoms with Crippen LogP contribution in [0.4, 0.5) is 0 Å². The number of rotatable bonds is 2. The number of hydrogen-bond acceptors (Lipinski definition) is 2. The van der Waals surface area contributed by atoms with Crippen molar-refractivity contribution in [3.8, 4) is 0 Å². The van der Waals surface area contributed by atoms with Crippen LogP contribution in [-0.4, -0.2) is 5.78 Å². The maximum atomic E-state index is 10.1. The topological polar surface area (TPSA) is 40.1 Å². The van der Waals surface area contributed by atoms with Crippen molar-refractivity contribution in [3.05, 3.63) is 6.61 Å². The van der Waals surface area contributed by atoms with Crippen molar-refractivity contribution in [1.29, 1.82) is 0 Å². The fourth-order valence-electron chi connectivity index (χ4n) is 0.0958. The fraction of sp³-hybridized carbons (Fsp3) is 0.600. The minimum absolute atomic E-state index is 0. The maximum Gasteiger partial charge on any atom is 1.00 e. The van der Waals surface area contributed by atoms with E-state index in [0.717, 1.165) is 0 Å². The van der Waals surface area contributed by atoms with Gasteiger partial charge < -0.3 is 5.11 Å². The van der Waals surface area contributed by atoms with E-state index < -0.39 is 5.92 Å². The molecule has 0 saturated heterocycles. The van der Waals surface area contributed by atoms with Crippen LogP contribution in [0.5, 0.6) is 0 Å². The summed E-state index contributed by atoms with van der Waals surface area (Å²) >= 11 is 0. The van der Waals surface area contributed by atoms with Crippen LogP contribution in [0.15, 0.2) is 0 Å². The van der Waals surface area contributed by atoms with Gasteiger partial charge in [-0.15, -0.1) is 6.61 Å². The Balaban J connectivity index is 0. The zero-order valence-electron chi connectivity index (χ0n) is 5.47.